The Kier molecular flexibility index (Phi) is 12.2. The zero-order chi connectivity index (χ0) is 50.2. The molecule has 0 radical (unpaired) electrons. The van der Waals surface area contributed by atoms with Gasteiger partial charge in [-0.1, -0.05) is 129 Å². The van der Waals surface area contributed by atoms with E-state index in [1.54, 1.807) is 76.2 Å². The number of hydrogen-bond donors (Lipinski definition) is 2. The van der Waals surface area contributed by atoms with Gasteiger partial charge in [0.1, 0.15) is 5.75 Å². The van der Waals surface area contributed by atoms with Gasteiger partial charge in [0.2, 0.25) is 5.69 Å². The number of anilines is 1. The summed E-state index contributed by atoms with van der Waals surface area (Å²) in [7, 11) is -15.1. The van der Waals surface area contributed by atoms with Gasteiger partial charge in [0, 0.05) is 52.2 Å². The molecule has 0 atom stereocenters. The Bertz CT molecular complexity index is 3660. The SMILES string of the molecule is CC1(C)C(/C=C/C2=C(N(Cc3ccccc3)S(=O)(=O)C(F)(F)F)C(=C/C=C3/N(CCS(=O)(=O)O)c4ccc5ccccc5c4C3(C)C)/c3ccccc32)=[N+](CCS(=O)(=O)O)c2ccc3ccccc3c21. The molecule has 0 fully saturated rings. The lowest BCUT2D eigenvalue weighted by Crippen LogP contribution is -2.40. The fraction of sp³-hybridized carbons (Fsp3) is 0.226. The fourth-order valence-corrected chi connectivity index (χ4v) is 12.2. The van der Waals surface area contributed by atoms with Crippen LogP contribution in [-0.2, 0) is 47.6 Å². The molecule has 70 heavy (non-hydrogen) atoms. The van der Waals surface area contributed by atoms with Crippen LogP contribution < -0.4 is 4.90 Å². The van der Waals surface area contributed by atoms with Crippen LogP contribution in [0.25, 0.3) is 32.7 Å². The molecule has 2 heterocycles. The zero-order valence-electron chi connectivity index (χ0n) is 38.5. The summed E-state index contributed by atoms with van der Waals surface area (Å²) < 4.78 is 145. The first kappa shape index (κ1) is 48.6. The van der Waals surface area contributed by atoms with Gasteiger partial charge in [0.15, 0.2) is 12.3 Å². The molecule has 17 heteroatoms. The number of nitrogens with zero attached hydrogens (tertiary/aromatic N) is 3. The smallest absolute Gasteiger partial charge is 0.343 e. The second-order valence-electron chi connectivity index (χ2n) is 18.6. The number of halogens is 3. The van der Waals surface area contributed by atoms with E-state index in [0.717, 1.165) is 32.7 Å². The molecule has 0 saturated carbocycles. The molecule has 362 valence electrons. The molecule has 0 unspecified atom stereocenters. The van der Waals surface area contributed by atoms with Crippen molar-refractivity contribution in [2.45, 2.75) is 50.6 Å². The minimum Gasteiger partial charge on any atom is -0.343 e. The lowest BCUT2D eigenvalue weighted by Gasteiger charge is -2.29. The summed E-state index contributed by atoms with van der Waals surface area (Å²) >= 11 is 0. The van der Waals surface area contributed by atoms with Crippen molar-refractivity contribution >= 4 is 80.0 Å². The minimum absolute atomic E-state index is 0.117. The van der Waals surface area contributed by atoms with Gasteiger partial charge in [0.05, 0.1) is 23.4 Å². The highest BCUT2D eigenvalue weighted by Crippen LogP contribution is 2.53. The monoisotopic (exact) mass is 1010 g/mol. The second-order valence-corrected chi connectivity index (χ2v) is 23.6. The largest absolute Gasteiger partial charge is 0.516 e. The van der Waals surface area contributed by atoms with Crippen molar-refractivity contribution in [1.29, 1.82) is 0 Å². The molecule has 2 N–H and O–H groups in total. The van der Waals surface area contributed by atoms with Crippen molar-refractivity contribution < 1.29 is 52.1 Å². The fourth-order valence-electron chi connectivity index (χ4n) is 10.4. The maximum atomic E-state index is 15.3. The Labute approximate surface area is 405 Å². The molecule has 6 aromatic rings. The molecular weight excluding hydrogens is 960 g/mol. The molecule has 0 spiro atoms. The van der Waals surface area contributed by atoms with Gasteiger partial charge in [-0.25, -0.2) is 0 Å². The number of hydrogen-bond acceptors (Lipinski definition) is 7. The summed E-state index contributed by atoms with van der Waals surface area (Å²) in [6.45, 7) is 6.67. The Balaban J connectivity index is 1.32. The van der Waals surface area contributed by atoms with Gasteiger partial charge in [-0.15, -0.1) is 0 Å². The number of rotatable bonds is 13. The van der Waals surface area contributed by atoms with E-state index in [-0.39, 0.29) is 35.5 Å². The molecule has 11 nitrogen and oxygen atoms in total. The van der Waals surface area contributed by atoms with Gasteiger partial charge < -0.3 is 4.90 Å². The average molecular weight is 1010 g/mol. The number of allylic oxidation sites excluding steroid dienone is 7. The molecule has 1 aliphatic carbocycles. The van der Waals surface area contributed by atoms with Crippen molar-refractivity contribution in [3.63, 3.8) is 0 Å². The predicted octanol–water partition coefficient (Wildman–Crippen LogP) is 10.5. The van der Waals surface area contributed by atoms with Gasteiger partial charge in [-0.2, -0.15) is 43.0 Å². The molecule has 0 bridgehead atoms. The highest BCUT2D eigenvalue weighted by molar-refractivity contribution is 7.90. The van der Waals surface area contributed by atoms with Crippen molar-refractivity contribution in [3.05, 3.63) is 191 Å². The molecule has 0 amide bonds. The van der Waals surface area contributed by atoms with Crippen molar-refractivity contribution in [2.75, 3.05) is 29.5 Å². The van der Waals surface area contributed by atoms with E-state index in [1.165, 1.54) is 12.1 Å². The van der Waals surface area contributed by atoms with Crippen molar-refractivity contribution in [2.24, 2.45) is 0 Å². The van der Waals surface area contributed by atoms with Crippen LogP contribution in [0.15, 0.2) is 163 Å². The molecular formula is C53H49F3N3O8S3+. The molecule has 6 aromatic carbocycles. The summed E-state index contributed by atoms with van der Waals surface area (Å²) in [4.78, 5) is 1.76. The normalized spacial score (nSPS) is 17.9. The number of benzene rings is 6. The van der Waals surface area contributed by atoms with Crippen LogP contribution in [0.1, 0.15) is 55.5 Å². The Morgan fingerprint density at radius 2 is 1.21 bits per heavy atom. The topological polar surface area (TPSA) is 152 Å². The molecule has 9 rings (SSSR count). The third-order valence-corrected chi connectivity index (χ3v) is 16.4. The van der Waals surface area contributed by atoms with Crippen molar-refractivity contribution in [1.82, 2.24) is 4.31 Å². The Morgan fingerprint density at radius 1 is 0.643 bits per heavy atom. The number of sulfonamides is 1. The first-order chi connectivity index (χ1) is 32.9. The standard InChI is InChI=1S/C53H48F3N3O8S3/c1-51(2)46(57(30-32-68(60,61)62)44-26-22-36-16-8-10-18-38(36)48(44)51)28-24-42-40-20-12-13-21-41(40)43(50(42)59(70(66,67)53(54,55)56)34-35-14-6-5-7-15-35)25-29-47-52(3,4)49-39-19-11-9-17-37(39)23-27-45(49)58(47)31-33-69(63,64)65/h5-29H,30-34H2,1-4H3,(H-,60,61,62,63,64,65)/p+1. The van der Waals surface area contributed by atoms with Crippen molar-refractivity contribution in [3.8, 4) is 0 Å². The number of fused-ring (bicyclic) bond motifs is 7. The number of alkyl halides is 3. The predicted molar refractivity (Wildman–Crippen MR) is 269 cm³/mol. The van der Waals surface area contributed by atoms with Gasteiger partial charge in [0.25, 0.3) is 20.2 Å². The Morgan fingerprint density at radius 3 is 1.84 bits per heavy atom. The van der Waals surface area contributed by atoms with Gasteiger partial charge in [-0.05, 0) is 81.9 Å². The van der Waals surface area contributed by atoms with E-state index in [0.29, 0.717) is 38.2 Å². The second kappa shape index (κ2) is 17.5. The van der Waals surface area contributed by atoms with Crippen LogP contribution in [0.3, 0.4) is 0 Å². The van der Waals surface area contributed by atoms with Gasteiger partial charge in [-0.3, -0.25) is 13.4 Å². The van der Waals surface area contributed by atoms with Crippen LogP contribution >= 0.6 is 0 Å². The summed E-state index contributed by atoms with van der Waals surface area (Å²) in [6.07, 6.45) is 6.48. The van der Waals surface area contributed by atoms with E-state index in [9.17, 15) is 34.4 Å². The maximum Gasteiger partial charge on any atom is 0.516 e. The third-order valence-electron chi connectivity index (χ3n) is 13.5. The van der Waals surface area contributed by atoms with Crippen LogP contribution in [0.2, 0.25) is 0 Å². The summed E-state index contributed by atoms with van der Waals surface area (Å²) in [5.74, 6) is -1.28. The highest BCUT2D eigenvalue weighted by atomic mass is 32.2. The van der Waals surface area contributed by atoms with E-state index in [1.807, 2.05) is 100 Å². The van der Waals surface area contributed by atoms with Crippen LogP contribution in [0, 0.1) is 0 Å². The van der Waals surface area contributed by atoms with E-state index < -0.39 is 64.6 Å². The molecule has 2 aliphatic heterocycles. The lowest BCUT2D eigenvalue weighted by molar-refractivity contribution is -0.432. The first-order valence-electron chi connectivity index (χ1n) is 22.4. The Hall–Kier alpha value is -6.37. The van der Waals surface area contributed by atoms with Crippen LogP contribution in [0.4, 0.5) is 24.5 Å². The third kappa shape index (κ3) is 8.67. The van der Waals surface area contributed by atoms with E-state index in [4.69, 9.17) is 0 Å². The molecule has 0 saturated heterocycles. The van der Waals surface area contributed by atoms with Gasteiger partial charge >= 0.3 is 15.5 Å². The maximum absolute atomic E-state index is 15.3. The summed E-state index contributed by atoms with van der Waals surface area (Å²) in [5, 5.41) is 3.60. The van der Waals surface area contributed by atoms with Crippen LogP contribution in [0.5, 0.6) is 0 Å². The van der Waals surface area contributed by atoms with Crippen LogP contribution in [-0.4, -0.2) is 79.1 Å². The lowest BCUT2D eigenvalue weighted by atomic mass is 9.79. The summed E-state index contributed by atoms with van der Waals surface area (Å²) in [5.41, 5.74) is -2.38. The van der Waals surface area contributed by atoms with E-state index in [2.05, 4.69) is 0 Å². The summed E-state index contributed by atoms with van der Waals surface area (Å²) in [6, 6.07) is 37.5. The molecule has 0 aromatic heterocycles. The molecule has 3 aliphatic rings. The first-order valence-corrected chi connectivity index (χ1v) is 27.0. The highest BCUT2D eigenvalue weighted by Gasteiger charge is 2.53. The minimum atomic E-state index is -6.17. The quantitative estimate of drug-likeness (QED) is 0.0851. The zero-order valence-corrected chi connectivity index (χ0v) is 41.0. The average Bonchev–Trinajstić information content (AvgIpc) is 3.81. The van der Waals surface area contributed by atoms with E-state index >= 15 is 13.2 Å².